The predicted molar refractivity (Wildman–Crippen MR) is 42.5 cm³/mol. The molecule has 0 atom stereocenters. The van der Waals surface area contributed by atoms with Gasteiger partial charge in [0.2, 0.25) is 0 Å². The van der Waals surface area contributed by atoms with Crippen molar-refractivity contribution in [3.05, 3.63) is 17.7 Å². The fraction of sp³-hybridized carbons (Fsp3) is 0.625. The minimum absolute atomic E-state index is 0.308. The highest BCUT2D eigenvalue weighted by molar-refractivity contribution is 5.09. The van der Waals surface area contributed by atoms with E-state index in [9.17, 15) is 17.6 Å². The summed E-state index contributed by atoms with van der Waals surface area (Å²) < 4.78 is 49.2. The van der Waals surface area contributed by atoms with Crippen molar-refractivity contribution in [1.29, 1.82) is 0 Å². The van der Waals surface area contributed by atoms with Crippen LogP contribution in [0.3, 0.4) is 0 Å². The number of nitrogens with one attached hydrogen (secondary N) is 1. The molecule has 1 aromatic heterocycles. The summed E-state index contributed by atoms with van der Waals surface area (Å²) >= 11 is 0. The van der Waals surface area contributed by atoms with Gasteiger partial charge in [0.25, 0.3) is 0 Å². The van der Waals surface area contributed by atoms with Crippen LogP contribution >= 0.6 is 0 Å². The monoisotopic (exact) mass is 210 g/mol. The summed E-state index contributed by atoms with van der Waals surface area (Å²) in [7, 11) is 0. The van der Waals surface area contributed by atoms with Crippen LogP contribution < -0.4 is 0 Å². The molecule has 0 spiro atoms. The van der Waals surface area contributed by atoms with Crippen LogP contribution in [0.1, 0.15) is 24.9 Å². The van der Waals surface area contributed by atoms with Gasteiger partial charge in [-0.1, -0.05) is 6.92 Å². The molecule has 0 aliphatic heterocycles. The second kappa shape index (κ2) is 3.98. The third kappa shape index (κ3) is 2.05. The van der Waals surface area contributed by atoms with Crippen molar-refractivity contribution in [1.82, 2.24) is 9.97 Å². The quantitative estimate of drug-likeness (QED) is 0.760. The Kier molecular flexibility index (Phi) is 3.13. The first-order valence-corrected chi connectivity index (χ1v) is 4.18. The molecule has 1 N–H and O–H groups in total. The molecule has 0 aromatic carbocycles. The summed E-state index contributed by atoms with van der Waals surface area (Å²) in [5.74, 6) is -3.83. The van der Waals surface area contributed by atoms with Crippen LogP contribution in [0, 0.1) is 0 Å². The van der Waals surface area contributed by atoms with E-state index in [0.29, 0.717) is 18.7 Å². The normalized spacial score (nSPS) is 12.4. The molecule has 0 unspecified atom stereocenters. The molecule has 1 heterocycles. The molecule has 0 aliphatic carbocycles. The third-order valence-corrected chi connectivity index (χ3v) is 1.75. The minimum Gasteiger partial charge on any atom is -0.341 e. The molecular formula is C8H10F4N2. The maximum absolute atomic E-state index is 12.7. The van der Waals surface area contributed by atoms with Crippen LogP contribution in [0.2, 0.25) is 0 Å². The Labute approximate surface area is 78.3 Å². The first kappa shape index (κ1) is 11.0. The highest BCUT2D eigenvalue weighted by atomic mass is 19.3. The van der Waals surface area contributed by atoms with Crippen LogP contribution in [0.5, 0.6) is 0 Å². The highest BCUT2D eigenvalue weighted by Crippen LogP contribution is 2.33. The Bertz CT molecular complexity index is 295. The van der Waals surface area contributed by atoms with E-state index in [1.54, 1.807) is 0 Å². The number of hydrogen-bond acceptors (Lipinski definition) is 1. The van der Waals surface area contributed by atoms with Gasteiger partial charge in [-0.05, 0) is 6.42 Å². The third-order valence-electron chi connectivity index (χ3n) is 1.75. The van der Waals surface area contributed by atoms with Crippen molar-refractivity contribution in [2.24, 2.45) is 0 Å². The summed E-state index contributed by atoms with van der Waals surface area (Å²) in [5, 5.41) is 0. The fourth-order valence-corrected chi connectivity index (χ4v) is 1.01. The molecule has 1 rings (SSSR count). The summed E-state index contributed by atoms with van der Waals surface area (Å²) in [5.41, 5.74) is -0.823. The predicted octanol–water partition coefficient (Wildman–Crippen LogP) is 2.72. The van der Waals surface area contributed by atoms with Gasteiger partial charge in [-0.2, -0.15) is 8.78 Å². The van der Waals surface area contributed by atoms with Gasteiger partial charge in [0, 0.05) is 6.42 Å². The van der Waals surface area contributed by atoms with E-state index < -0.39 is 18.0 Å². The number of hydrogen-bond donors (Lipinski definition) is 1. The lowest BCUT2D eigenvalue weighted by molar-refractivity contribution is -0.137. The molecule has 14 heavy (non-hydrogen) atoms. The molecule has 0 amide bonds. The van der Waals surface area contributed by atoms with Crippen LogP contribution in [-0.4, -0.2) is 16.4 Å². The Morgan fingerprint density at radius 2 is 2.14 bits per heavy atom. The van der Waals surface area contributed by atoms with Crippen LogP contribution in [0.15, 0.2) is 6.20 Å². The lowest BCUT2D eigenvalue weighted by atomic mass is 10.3. The number of alkyl halides is 4. The van der Waals surface area contributed by atoms with Crippen molar-refractivity contribution >= 4 is 0 Å². The summed E-state index contributed by atoms with van der Waals surface area (Å²) in [6.07, 6.45) is -1.76. The van der Waals surface area contributed by atoms with Crippen LogP contribution in [0.4, 0.5) is 17.6 Å². The molecular weight excluding hydrogens is 200 g/mol. The topological polar surface area (TPSA) is 28.7 Å². The average Bonchev–Trinajstić information content (AvgIpc) is 2.53. The molecule has 0 saturated carbocycles. The van der Waals surface area contributed by atoms with E-state index in [1.807, 2.05) is 6.92 Å². The number of aryl methyl sites for hydroxylation is 1. The lowest BCUT2D eigenvalue weighted by Crippen LogP contribution is -2.23. The van der Waals surface area contributed by atoms with Gasteiger partial charge in [0.15, 0.2) is 0 Å². The molecule has 0 bridgehead atoms. The Hall–Kier alpha value is -1.07. The summed E-state index contributed by atoms with van der Waals surface area (Å²) in [4.78, 5) is 5.78. The molecule has 0 fully saturated rings. The molecule has 0 radical (unpaired) electrons. The minimum atomic E-state index is -4.14. The maximum Gasteiger partial charge on any atom is 0.348 e. The Balaban J connectivity index is 2.85. The summed E-state index contributed by atoms with van der Waals surface area (Å²) in [6, 6.07) is 0. The zero-order valence-corrected chi connectivity index (χ0v) is 7.53. The van der Waals surface area contributed by atoms with E-state index in [2.05, 4.69) is 9.97 Å². The van der Waals surface area contributed by atoms with Gasteiger partial charge in [-0.3, -0.25) is 0 Å². The van der Waals surface area contributed by atoms with Crippen molar-refractivity contribution < 1.29 is 17.6 Å². The highest BCUT2D eigenvalue weighted by Gasteiger charge is 2.44. The molecule has 0 aliphatic rings. The number of aromatic amines is 1. The number of rotatable bonds is 4. The van der Waals surface area contributed by atoms with Crippen LogP contribution in [0.25, 0.3) is 0 Å². The van der Waals surface area contributed by atoms with E-state index >= 15 is 0 Å². The molecule has 0 saturated heterocycles. The van der Waals surface area contributed by atoms with Gasteiger partial charge >= 0.3 is 12.3 Å². The number of nitrogens with zero attached hydrogens (tertiary/aromatic N) is 1. The summed E-state index contributed by atoms with van der Waals surface area (Å²) in [6.45, 7) is 1.84. The number of H-pyrrole nitrogens is 1. The number of aromatic nitrogens is 2. The number of halogens is 4. The molecule has 80 valence electrons. The largest absolute Gasteiger partial charge is 0.348 e. The van der Waals surface area contributed by atoms with E-state index in [4.69, 9.17) is 0 Å². The average molecular weight is 210 g/mol. The smallest absolute Gasteiger partial charge is 0.341 e. The van der Waals surface area contributed by atoms with Crippen molar-refractivity contribution in [3.8, 4) is 0 Å². The van der Waals surface area contributed by atoms with Gasteiger partial charge in [-0.25, -0.2) is 13.8 Å². The standard InChI is InChI=1S/C8H10F4N2/c1-2-3-6-13-4-5(14-6)8(11,12)7(9)10/h4,7H,2-3H2,1H3,(H,13,14). The lowest BCUT2D eigenvalue weighted by Gasteiger charge is -2.12. The zero-order valence-electron chi connectivity index (χ0n) is 7.53. The first-order valence-electron chi connectivity index (χ1n) is 4.18. The van der Waals surface area contributed by atoms with Crippen molar-refractivity contribution in [2.45, 2.75) is 32.1 Å². The number of imidazole rings is 1. The van der Waals surface area contributed by atoms with Crippen molar-refractivity contribution in [2.75, 3.05) is 0 Å². The second-order valence-electron chi connectivity index (χ2n) is 2.92. The fourth-order valence-electron chi connectivity index (χ4n) is 1.01. The van der Waals surface area contributed by atoms with Gasteiger partial charge in [-0.15, -0.1) is 0 Å². The second-order valence-corrected chi connectivity index (χ2v) is 2.92. The van der Waals surface area contributed by atoms with Gasteiger partial charge in [0.1, 0.15) is 11.5 Å². The molecule has 2 nitrogen and oxygen atoms in total. The van der Waals surface area contributed by atoms with Gasteiger partial charge in [0.05, 0.1) is 6.20 Å². The van der Waals surface area contributed by atoms with Crippen molar-refractivity contribution in [3.63, 3.8) is 0 Å². The van der Waals surface area contributed by atoms with Crippen LogP contribution in [-0.2, 0) is 12.3 Å². The Morgan fingerprint density at radius 3 is 2.64 bits per heavy atom. The van der Waals surface area contributed by atoms with E-state index in [0.717, 1.165) is 6.20 Å². The molecule has 1 aromatic rings. The first-order chi connectivity index (χ1) is 6.48. The Morgan fingerprint density at radius 1 is 1.50 bits per heavy atom. The van der Waals surface area contributed by atoms with Gasteiger partial charge < -0.3 is 4.98 Å². The zero-order chi connectivity index (χ0) is 10.8. The SMILES string of the molecule is CCCc1ncc(C(F)(F)C(F)F)[nH]1. The molecule has 6 heteroatoms. The van der Waals surface area contributed by atoms with E-state index in [1.165, 1.54) is 0 Å². The maximum atomic E-state index is 12.7. The van der Waals surface area contributed by atoms with E-state index in [-0.39, 0.29) is 0 Å².